The van der Waals surface area contributed by atoms with Crippen LogP contribution in [-0.4, -0.2) is 42.5 Å². The van der Waals surface area contributed by atoms with Gasteiger partial charge < -0.3 is 14.9 Å². The molecule has 0 radical (unpaired) electrons. The van der Waals surface area contributed by atoms with E-state index in [2.05, 4.69) is 20.9 Å². The van der Waals surface area contributed by atoms with Gasteiger partial charge in [-0.25, -0.2) is 4.79 Å². The third-order valence-corrected chi connectivity index (χ3v) is 4.78. The predicted octanol–water partition coefficient (Wildman–Crippen LogP) is -0.0436. The van der Waals surface area contributed by atoms with Crippen LogP contribution in [0.25, 0.3) is 6.08 Å². The van der Waals surface area contributed by atoms with Crippen LogP contribution in [0.2, 0.25) is 0 Å². The van der Waals surface area contributed by atoms with E-state index in [-0.39, 0.29) is 16.1 Å². The molecule has 1 aromatic heterocycles. The van der Waals surface area contributed by atoms with Crippen molar-refractivity contribution in [2.45, 2.75) is 22.4 Å². The molecule has 1 aliphatic rings. The number of ether oxygens (including phenoxy) is 1. The third kappa shape index (κ3) is 2.91. The summed E-state index contributed by atoms with van der Waals surface area (Å²) < 4.78 is 6.24. The molecule has 2 unspecified atom stereocenters. The number of hydrogen-bond donors (Lipinski definition) is 3. The number of aliphatic hydroxyl groups is 2. The molecule has 0 spiro atoms. The van der Waals surface area contributed by atoms with Crippen molar-refractivity contribution in [2.24, 2.45) is 0 Å². The maximum atomic E-state index is 11.8. The van der Waals surface area contributed by atoms with Gasteiger partial charge in [-0.05, 0) is 11.1 Å². The number of nitrogens with zero attached hydrogens (tertiary/aromatic N) is 1. The van der Waals surface area contributed by atoms with Crippen LogP contribution >= 0.6 is 38.5 Å². The summed E-state index contributed by atoms with van der Waals surface area (Å²) in [6, 6.07) is 0. The molecule has 4 atom stereocenters. The quantitative estimate of drug-likeness (QED) is 0.435. The van der Waals surface area contributed by atoms with Gasteiger partial charge in [0.05, 0.1) is 22.2 Å². The smallest absolute Gasteiger partial charge is 0.330 e. The van der Waals surface area contributed by atoms with E-state index in [1.165, 1.54) is 17.3 Å². The Morgan fingerprint density at radius 2 is 2.25 bits per heavy atom. The molecule has 9 heteroatoms. The minimum atomic E-state index is -0.961. The highest BCUT2D eigenvalue weighted by Gasteiger charge is 2.43. The van der Waals surface area contributed by atoms with E-state index in [0.717, 1.165) is 4.57 Å². The molecular weight excluding hydrogens is 447 g/mol. The summed E-state index contributed by atoms with van der Waals surface area (Å²) in [5.74, 6) is 0. The average molecular weight is 459 g/mol. The summed E-state index contributed by atoms with van der Waals surface area (Å²) in [5, 5.41) is 19.3. The zero-order valence-electron chi connectivity index (χ0n) is 10.1. The Morgan fingerprint density at radius 3 is 2.80 bits per heavy atom. The topological polar surface area (TPSA) is 105 Å². The Kier molecular flexibility index (Phi) is 5.18. The minimum absolute atomic E-state index is 0.245. The number of aliphatic hydroxyl groups excluding tert-OH is 2. The number of aromatic nitrogens is 2. The fraction of sp³-hybridized carbons (Fsp3) is 0.455. The number of aromatic amines is 1. The Morgan fingerprint density at radius 1 is 1.55 bits per heavy atom. The van der Waals surface area contributed by atoms with Crippen LogP contribution in [-0.2, 0) is 4.74 Å². The van der Waals surface area contributed by atoms with Gasteiger partial charge in [0.15, 0.2) is 6.23 Å². The standard InChI is InChI=1S/C11H12BrIN2O5/c12-2-1-5-3-15(11(19)14-9(5)18)10-8(17)7(13)6(4-16)20-10/h1-3,6-8,10,16-17H,4H2,(H,14,18,19)/t6-,7?,8?,10-/m0/s1. The summed E-state index contributed by atoms with van der Waals surface area (Å²) in [4.78, 5) is 27.1. The first kappa shape index (κ1) is 15.9. The molecule has 0 aliphatic carbocycles. The van der Waals surface area contributed by atoms with E-state index >= 15 is 0 Å². The van der Waals surface area contributed by atoms with Crippen LogP contribution in [0.1, 0.15) is 11.8 Å². The molecule has 0 amide bonds. The van der Waals surface area contributed by atoms with Gasteiger partial charge in [0.2, 0.25) is 0 Å². The fourth-order valence-electron chi connectivity index (χ4n) is 1.96. The molecule has 2 rings (SSSR count). The molecule has 0 bridgehead atoms. The molecule has 1 aromatic rings. The number of halogens is 2. The highest BCUT2D eigenvalue weighted by Crippen LogP contribution is 2.33. The Bertz CT molecular complexity index is 628. The molecule has 110 valence electrons. The van der Waals surface area contributed by atoms with Crippen LogP contribution in [0.3, 0.4) is 0 Å². The van der Waals surface area contributed by atoms with Gasteiger partial charge >= 0.3 is 5.69 Å². The van der Waals surface area contributed by atoms with Crippen molar-refractivity contribution in [3.8, 4) is 0 Å². The SMILES string of the molecule is O=c1[nH]c(=O)n([C@H]2O[C@@H](CO)C(I)C2O)cc1C=CBr. The van der Waals surface area contributed by atoms with Gasteiger partial charge in [0.1, 0.15) is 6.10 Å². The van der Waals surface area contributed by atoms with E-state index in [0.29, 0.717) is 0 Å². The van der Waals surface area contributed by atoms with Crippen LogP contribution in [0.4, 0.5) is 0 Å². The first-order valence-corrected chi connectivity index (χ1v) is 7.86. The molecule has 7 nitrogen and oxygen atoms in total. The third-order valence-electron chi connectivity index (χ3n) is 2.98. The van der Waals surface area contributed by atoms with Crippen LogP contribution in [0, 0.1) is 0 Å². The van der Waals surface area contributed by atoms with Crippen LogP contribution in [0.5, 0.6) is 0 Å². The van der Waals surface area contributed by atoms with E-state index < -0.39 is 29.7 Å². The van der Waals surface area contributed by atoms with Crippen molar-refractivity contribution in [3.63, 3.8) is 0 Å². The first-order chi connectivity index (χ1) is 9.49. The first-order valence-electron chi connectivity index (χ1n) is 5.70. The van der Waals surface area contributed by atoms with Crippen molar-refractivity contribution in [3.05, 3.63) is 37.6 Å². The van der Waals surface area contributed by atoms with Crippen molar-refractivity contribution < 1.29 is 14.9 Å². The van der Waals surface area contributed by atoms with E-state index in [4.69, 9.17) is 9.84 Å². The lowest BCUT2D eigenvalue weighted by Gasteiger charge is -2.17. The molecular formula is C11H12BrIN2O5. The maximum absolute atomic E-state index is 11.8. The zero-order valence-corrected chi connectivity index (χ0v) is 13.8. The van der Waals surface area contributed by atoms with Crippen LogP contribution in [0.15, 0.2) is 20.8 Å². The lowest BCUT2D eigenvalue weighted by atomic mass is 10.2. The summed E-state index contributed by atoms with van der Waals surface area (Å²) in [6.45, 7) is -0.257. The number of H-pyrrole nitrogens is 1. The molecule has 1 saturated heterocycles. The molecule has 2 heterocycles. The molecule has 3 N–H and O–H groups in total. The minimum Gasteiger partial charge on any atom is -0.394 e. The number of hydrogen-bond acceptors (Lipinski definition) is 5. The average Bonchev–Trinajstić information content (AvgIpc) is 2.70. The van der Waals surface area contributed by atoms with Crippen molar-refractivity contribution in [2.75, 3.05) is 6.61 Å². The molecule has 0 saturated carbocycles. The van der Waals surface area contributed by atoms with Gasteiger partial charge in [-0.1, -0.05) is 38.5 Å². The monoisotopic (exact) mass is 458 g/mol. The van der Waals surface area contributed by atoms with Gasteiger partial charge in [-0.3, -0.25) is 14.3 Å². The lowest BCUT2D eigenvalue weighted by molar-refractivity contribution is -0.0530. The van der Waals surface area contributed by atoms with E-state index in [1.807, 2.05) is 22.6 Å². The molecule has 0 aromatic carbocycles. The summed E-state index contributed by atoms with van der Waals surface area (Å²) in [5.41, 5.74) is -0.957. The lowest BCUT2D eigenvalue weighted by Crippen LogP contribution is -2.37. The van der Waals surface area contributed by atoms with E-state index in [9.17, 15) is 14.7 Å². The molecule has 1 aliphatic heterocycles. The largest absolute Gasteiger partial charge is 0.394 e. The second-order valence-electron chi connectivity index (χ2n) is 4.23. The predicted molar refractivity (Wildman–Crippen MR) is 84.1 cm³/mol. The highest BCUT2D eigenvalue weighted by atomic mass is 127. The normalized spacial score (nSPS) is 30.2. The number of rotatable bonds is 3. The molecule has 20 heavy (non-hydrogen) atoms. The van der Waals surface area contributed by atoms with Gasteiger partial charge in [-0.15, -0.1) is 0 Å². The maximum Gasteiger partial charge on any atom is 0.330 e. The highest BCUT2D eigenvalue weighted by molar-refractivity contribution is 14.1. The van der Waals surface area contributed by atoms with Crippen molar-refractivity contribution in [1.29, 1.82) is 0 Å². The number of alkyl halides is 1. The van der Waals surface area contributed by atoms with Crippen molar-refractivity contribution in [1.82, 2.24) is 9.55 Å². The zero-order chi connectivity index (χ0) is 14.9. The van der Waals surface area contributed by atoms with Gasteiger partial charge in [0.25, 0.3) is 5.56 Å². The molecule has 1 fully saturated rings. The second-order valence-corrected chi connectivity index (χ2v) is 6.19. The Hall–Kier alpha value is -0.490. The Labute approximate surface area is 135 Å². The summed E-state index contributed by atoms with van der Waals surface area (Å²) in [6.07, 6.45) is 0.319. The summed E-state index contributed by atoms with van der Waals surface area (Å²) in [7, 11) is 0. The van der Waals surface area contributed by atoms with Crippen molar-refractivity contribution >= 4 is 44.6 Å². The second kappa shape index (κ2) is 6.52. The Balaban J connectivity index is 2.46. The van der Waals surface area contributed by atoms with Gasteiger partial charge in [-0.2, -0.15) is 0 Å². The fourth-order valence-corrected chi connectivity index (χ4v) is 3.00. The van der Waals surface area contributed by atoms with Crippen LogP contribution < -0.4 is 11.2 Å². The van der Waals surface area contributed by atoms with Gasteiger partial charge in [0, 0.05) is 6.20 Å². The van der Waals surface area contributed by atoms with E-state index in [1.54, 1.807) is 0 Å². The summed E-state index contributed by atoms with van der Waals surface area (Å²) >= 11 is 5.02. The number of nitrogens with one attached hydrogen (secondary N) is 1.